The second-order valence-corrected chi connectivity index (χ2v) is 5.47. The van der Waals surface area contributed by atoms with Gasteiger partial charge in [-0.3, -0.25) is 0 Å². The van der Waals surface area contributed by atoms with Gasteiger partial charge in [-0.05, 0) is 26.5 Å². The topological polar surface area (TPSA) is 90.4 Å². The fourth-order valence-corrected chi connectivity index (χ4v) is 2.24. The number of nitrogens with one attached hydrogen (secondary N) is 1. The second kappa shape index (κ2) is 9.83. The van der Waals surface area contributed by atoms with Crippen molar-refractivity contribution >= 4 is 29.5 Å². The number of aromatic nitrogens is 2. The quantitative estimate of drug-likeness (QED) is 0.254. The number of nitrogens with zero attached hydrogens (tertiary/aromatic N) is 2. The minimum Gasteiger partial charge on any atom is -0.462 e. The van der Waals surface area contributed by atoms with Crippen molar-refractivity contribution in [2.75, 3.05) is 24.3 Å². The van der Waals surface area contributed by atoms with Crippen LogP contribution >= 0.6 is 11.8 Å². The Morgan fingerprint density at radius 2 is 1.83 bits per heavy atom. The van der Waals surface area contributed by atoms with Crippen molar-refractivity contribution < 1.29 is 19.1 Å². The molecule has 0 aromatic carbocycles. The number of hydrogen-bond acceptors (Lipinski definition) is 8. The van der Waals surface area contributed by atoms with Crippen LogP contribution in [0, 0.1) is 6.92 Å². The second-order valence-electron chi connectivity index (χ2n) is 4.22. The van der Waals surface area contributed by atoms with E-state index in [-0.39, 0.29) is 18.8 Å². The summed E-state index contributed by atoms with van der Waals surface area (Å²) in [6.07, 6.45) is 2.77. The van der Waals surface area contributed by atoms with E-state index < -0.39 is 11.9 Å². The van der Waals surface area contributed by atoms with E-state index in [4.69, 9.17) is 9.47 Å². The van der Waals surface area contributed by atoms with Crippen LogP contribution in [0.4, 0.5) is 5.82 Å². The van der Waals surface area contributed by atoms with E-state index in [1.807, 2.05) is 13.8 Å². The molecule has 0 aliphatic carbocycles. The van der Waals surface area contributed by atoms with Gasteiger partial charge in [0, 0.05) is 6.20 Å². The first-order valence-electron chi connectivity index (χ1n) is 7.30. The lowest BCUT2D eigenvalue weighted by Gasteiger charge is -2.08. The van der Waals surface area contributed by atoms with Crippen molar-refractivity contribution in [1.29, 1.82) is 0 Å². The van der Waals surface area contributed by atoms with Gasteiger partial charge in [-0.2, -0.15) is 0 Å². The lowest BCUT2D eigenvalue weighted by molar-refractivity contribution is -0.146. The summed E-state index contributed by atoms with van der Waals surface area (Å²) in [5.74, 6) is -0.172. The Balaban J connectivity index is 2.93. The van der Waals surface area contributed by atoms with Crippen LogP contribution < -0.4 is 5.32 Å². The summed E-state index contributed by atoms with van der Waals surface area (Å²) in [5.41, 5.74) is 0.546. The first-order valence-corrected chi connectivity index (χ1v) is 8.29. The molecular formula is C15H21N3O4S. The molecule has 0 aliphatic rings. The van der Waals surface area contributed by atoms with Gasteiger partial charge in [0.1, 0.15) is 10.8 Å². The van der Waals surface area contributed by atoms with Crippen LogP contribution in [-0.4, -0.2) is 40.9 Å². The van der Waals surface area contributed by atoms with E-state index in [0.29, 0.717) is 5.82 Å². The molecule has 1 rings (SSSR count). The summed E-state index contributed by atoms with van der Waals surface area (Å²) in [5, 5.41) is 3.63. The largest absolute Gasteiger partial charge is 0.462 e. The van der Waals surface area contributed by atoms with E-state index in [2.05, 4.69) is 15.3 Å². The molecule has 7 nitrogen and oxygen atoms in total. The predicted octanol–water partition coefficient (Wildman–Crippen LogP) is 2.32. The Morgan fingerprint density at radius 3 is 2.30 bits per heavy atom. The monoisotopic (exact) mass is 339 g/mol. The molecule has 1 aromatic rings. The Hall–Kier alpha value is -2.09. The van der Waals surface area contributed by atoms with Crippen LogP contribution in [0.25, 0.3) is 0 Å². The average Bonchev–Trinajstić information content (AvgIpc) is 2.51. The van der Waals surface area contributed by atoms with Gasteiger partial charge in [0.15, 0.2) is 5.57 Å². The highest BCUT2D eigenvalue weighted by Gasteiger charge is 2.21. The Kier molecular flexibility index (Phi) is 8.10. The Bertz CT molecular complexity index is 570. The van der Waals surface area contributed by atoms with Crippen molar-refractivity contribution in [3.05, 3.63) is 23.7 Å². The zero-order valence-corrected chi connectivity index (χ0v) is 14.5. The maximum atomic E-state index is 11.8. The van der Waals surface area contributed by atoms with Gasteiger partial charge in [0.25, 0.3) is 0 Å². The fourth-order valence-electron chi connectivity index (χ4n) is 1.58. The van der Waals surface area contributed by atoms with Gasteiger partial charge in [-0.15, -0.1) is 11.8 Å². The van der Waals surface area contributed by atoms with Crippen LogP contribution in [-0.2, 0) is 19.1 Å². The maximum absolute atomic E-state index is 11.8. The van der Waals surface area contributed by atoms with Gasteiger partial charge < -0.3 is 14.8 Å². The summed E-state index contributed by atoms with van der Waals surface area (Å²) in [7, 11) is 0. The van der Waals surface area contributed by atoms with E-state index in [9.17, 15) is 9.59 Å². The summed E-state index contributed by atoms with van der Waals surface area (Å²) < 4.78 is 9.69. The average molecular weight is 339 g/mol. The number of thioether (sulfide) groups is 1. The number of esters is 2. The highest BCUT2D eigenvalue weighted by molar-refractivity contribution is 7.99. The molecule has 0 bridgehead atoms. The number of carbonyl (C=O) groups is 2. The predicted molar refractivity (Wildman–Crippen MR) is 88.1 cm³/mol. The van der Waals surface area contributed by atoms with E-state index in [1.54, 1.807) is 25.6 Å². The van der Waals surface area contributed by atoms with Crippen LogP contribution in [0.2, 0.25) is 0 Å². The third-order valence-electron chi connectivity index (χ3n) is 2.54. The molecule has 0 unspecified atom stereocenters. The minimum absolute atomic E-state index is 0.164. The highest BCUT2D eigenvalue weighted by Crippen LogP contribution is 2.19. The lowest BCUT2D eigenvalue weighted by atomic mass is 10.3. The van der Waals surface area contributed by atoms with Crippen LogP contribution in [0.1, 0.15) is 26.5 Å². The standard InChI is InChI=1S/C15H21N3O4S/c1-5-21-14(19)11(15(20)22-6-2)8-16-12-9-17-13(23-7-3)10(4)18-12/h8-9H,5-7H2,1-4H3,(H,16,18). The molecule has 0 fully saturated rings. The molecule has 1 N–H and O–H groups in total. The smallest absolute Gasteiger partial charge is 0.347 e. The van der Waals surface area contributed by atoms with Crippen LogP contribution in [0.3, 0.4) is 0 Å². The Labute approximate surface area is 139 Å². The molecular weight excluding hydrogens is 318 g/mol. The summed E-state index contributed by atoms with van der Waals surface area (Å²) in [4.78, 5) is 32.2. The molecule has 1 heterocycles. The molecule has 23 heavy (non-hydrogen) atoms. The van der Waals surface area contributed by atoms with Crippen LogP contribution in [0.15, 0.2) is 23.0 Å². The summed E-state index contributed by atoms with van der Waals surface area (Å²) in [6.45, 7) is 7.53. The number of aryl methyl sites for hydroxylation is 1. The van der Waals surface area contributed by atoms with Gasteiger partial charge in [0.05, 0.1) is 25.1 Å². The van der Waals surface area contributed by atoms with Gasteiger partial charge in [-0.25, -0.2) is 19.6 Å². The number of rotatable bonds is 8. The van der Waals surface area contributed by atoms with Crippen molar-refractivity contribution in [3.63, 3.8) is 0 Å². The molecule has 0 saturated carbocycles. The lowest BCUT2D eigenvalue weighted by Crippen LogP contribution is -2.19. The van der Waals surface area contributed by atoms with Crippen molar-refractivity contribution in [2.45, 2.75) is 32.7 Å². The molecule has 0 saturated heterocycles. The number of hydrogen-bond donors (Lipinski definition) is 1. The van der Waals surface area contributed by atoms with Gasteiger partial charge in [-0.1, -0.05) is 6.92 Å². The maximum Gasteiger partial charge on any atom is 0.347 e. The molecule has 0 spiro atoms. The van der Waals surface area contributed by atoms with E-state index in [0.717, 1.165) is 16.5 Å². The number of ether oxygens (including phenoxy) is 2. The van der Waals surface area contributed by atoms with Crippen molar-refractivity contribution in [2.24, 2.45) is 0 Å². The highest BCUT2D eigenvalue weighted by atomic mass is 32.2. The van der Waals surface area contributed by atoms with E-state index >= 15 is 0 Å². The molecule has 0 radical (unpaired) electrons. The number of anilines is 1. The first-order chi connectivity index (χ1) is 11.0. The van der Waals surface area contributed by atoms with Gasteiger partial charge in [0.2, 0.25) is 0 Å². The third-order valence-corrected chi connectivity index (χ3v) is 3.50. The number of carbonyl (C=O) groups excluding carboxylic acids is 2. The minimum atomic E-state index is -0.749. The molecule has 126 valence electrons. The molecule has 0 amide bonds. The van der Waals surface area contributed by atoms with Crippen LogP contribution in [0.5, 0.6) is 0 Å². The fraction of sp³-hybridized carbons (Fsp3) is 0.467. The zero-order chi connectivity index (χ0) is 17.2. The molecule has 0 atom stereocenters. The third kappa shape index (κ3) is 5.90. The van der Waals surface area contributed by atoms with Crippen molar-refractivity contribution in [3.8, 4) is 0 Å². The zero-order valence-electron chi connectivity index (χ0n) is 13.7. The SMILES string of the molecule is CCOC(=O)C(=CNc1cnc(SCC)c(C)n1)C(=O)OCC. The van der Waals surface area contributed by atoms with E-state index in [1.165, 1.54) is 12.4 Å². The summed E-state index contributed by atoms with van der Waals surface area (Å²) in [6, 6.07) is 0. The van der Waals surface area contributed by atoms with Crippen molar-refractivity contribution in [1.82, 2.24) is 9.97 Å². The first kappa shape index (κ1) is 19.0. The Morgan fingerprint density at radius 1 is 1.22 bits per heavy atom. The molecule has 0 aliphatic heterocycles. The normalized spacial score (nSPS) is 9.91. The molecule has 8 heteroatoms. The summed E-state index contributed by atoms with van der Waals surface area (Å²) >= 11 is 1.59. The molecule has 1 aromatic heterocycles. The van der Waals surface area contributed by atoms with Gasteiger partial charge >= 0.3 is 11.9 Å².